The fourth-order valence-electron chi connectivity index (χ4n) is 4.07. The van der Waals surface area contributed by atoms with E-state index in [0.717, 1.165) is 47.5 Å². The lowest BCUT2D eigenvalue weighted by Gasteiger charge is -2.26. The molecule has 1 saturated heterocycles. The first kappa shape index (κ1) is 21.1. The molecule has 0 saturated carbocycles. The molecule has 1 atom stereocenters. The zero-order valence-corrected chi connectivity index (χ0v) is 18.1. The summed E-state index contributed by atoms with van der Waals surface area (Å²) in [5.41, 5.74) is 6.80. The highest BCUT2D eigenvalue weighted by molar-refractivity contribution is 5.97. The monoisotopic (exact) mass is 415 g/mol. The Morgan fingerprint density at radius 1 is 1.10 bits per heavy atom. The van der Waals surface area contributed by atoms with Crippen molar-refractivity contribution in [3.8, 4) is 11.1 Å². The number of pyridine rings is 1. The minimum Gasteiger partial charge on any atom is -0.394 e. The number of aryl methyl sites for hydroxylation is 2. The van der Waals surface area contributed by atoms with Gasteiger partial charge in [-0.25, -0.2) is 0 Å². The van der Waals surface area contributed by atoms with Crippen LogP contribution in [0.3, 0.4) is 0 Å². The minimum absolute atomic E-state index is 0.0998. The number of hydrogen-bond donors (Lipinski definition) is 2. The molecule has 31 heavy (non-hydrogen) atoms. The van der Waals surface area contributed by atoms with Crippen LogP contribution in [-0.4, -0.2) is 35.2 Å². The fourth-order valence-corrected chi connectivity index (χ4v) is 4.07. The minimum atomic E-state index is -0.115. The highest BCUT2D eigenvalue weighted by Gasteiger charge is 2.25. The van der Waals surface area contributed by atoms with Crippen LogP contribution >= 0.6 is 0 Å². The number of aromatic nitrogens is 1. The summed E-state index contributed by atoms with van der Waals surface area (Å²) in [5, 5.41) is 12.8. The average Bonchev–Trinajstić information content (AvgIpc) is 3.28. The molecule has 0 aliphatic carbocycles. The number of nitrogens with zero attached hydrogens (tertiary/aromatic N) is 2. The van der Waals surface area contributed by atoms with E-state index in [2.05, 4.69) is 52.5 Å². The summed E-state index contributed by atoms with van der Waals surface area (Å²) in [6.07, 6.45) is 3.80. The van der Waals surface area contributed by atoms with Gasteiger partial charge in [0.1, 0.15) is 0 Å². The van der Waals surface area contributed by atoms with E-state index in [1.807, 2.05) is 31.2 Å². The van der Waals surface area contributed by atoms with Crippen LogP contribution in [0.25, 0.3) is 11.1 Å². The van der Waals surface area contributed by atoms with E-state index in [1.165, 1.54) is 5.56 Å². The molecule has 1 aliphatic rings. The molecule has 3 aromatic rings. The maximum absolute atomic E-state index is 13.0. The van der Waals surface area contributed by atoms with Gasteiger partial charge >= 0.3 is 0 Å². The van der Waals surface area contributed by atoms with Crippen molar-refractivity contribution in [1.29, 1.82) is 0 Å². The number of carbonyl (C=O) groups is 1. The van der Waals surface area contributed by atoms with Crippen LogP contribution in [0.15, 0.2) is 60.8 Å². The molecule has 2 heterocycles. The van der Waals surface area contributed by atoms with E-state index >= 15 is 0 Å². The molecule has 5 nitrogen and oxygen atoms in total. The molecule has 1 amide bonds. The van der Waals surface area contributed by atoms with Gasteiger partial charge in [0.2, 0.25) is 0 Å². The van der Waals surface area contributed by atoms with Gasteiger partial charge in [-0.05, 0) is 67.6 Å². The lowest BCUT2D eigenvalue weighted by atomic mass is 10.00. The van der Waals surface area contributed by atoms with Gasteiger partial charge in [-0.15, -0.1) is 0 Å². The molecule has 1 aromatic heterocycles. The third kappa shape index (κ3) is 4.94. The Labute approximate surface area is 183 Å². The van der Waals surface area contributed by atoms with Crippen LogP contribution in [0.4, 0.5) is 5.69 Å². The van der Waals surface area contributed by atoms with E-state index in [4.69, 9.17) is 0 Å². The molecule has 0 radical (unpaired) electrons. The smallest absolute Gasteiger partial charge is 0.251 e. The third-order valence-corrected chi connectivity index (χ3v) is 5.91. The summed E-state index contributed by atoms with van der Waals surface area (Å²) >= 11 is 0. The van der Waals surface area contributed by atoms with Crippen LogP contribution in [-0.2, 0) is 6.54 Å². The Kier molecular flexibility index (Phi) is 6.33. The van der Waals surface area contributed by atoms with Crippen molar-refractivity contribution in [2.24, 2.45) is 0 Å². The molecule has 1 fully saturated rings. The van der Waals surface area contributed by atoms with Gasteiger partial charge in [-0.2, -0.15) is 0 Å². The number of amides is 1. The number of rotatable bonds is 6. The predicted molar refractivity (Wildman–Crippen MR) is 124 cm³/mol. The summed E-state index contributed by atoms with van der Waals surface area (Å²) < 4.78 is 0. The molecule has 5 heteroatoms. The van der Waals surface area contributed by atoms with E-state index in [9.17, 15) is 9.90 Å². The first-order valence-electron chi connectivity index (χ1n) is 10.8. The average molecular weight is 416 g/mol. The molecule has 2 N–H and O–H groups in total. The van der Waals surface area contributed by atoms with Crippen molar-refractivity contribution >= 4 is 11.6 Å². The Hall–Kier alpha value is -3.18. The van der Waals surface area contributed by atoms with Crippen LogP contribution < -0.4 is 10.2 Å². The van der Waals surface area contributed by atoms with Gasteiger partial charge < -0.3 is 15.3 Å². The van der Waals surface area contributed by atoms with Gasteiger partial charge in [-0.3, -0.25) is 9.78 Å². The van der Waals surface area contributed by atoms with Gasteiger partial charge in [0.15, 0.2) is 0 Å². The molecule has 0 spiro atoms. The summed E-state index contributed by atoms with van der Waals surface area (Å²) in [5.74, 6) is -0.115. The van der Waals surface area contributed by atoms with Crippen LogP contribution in [0, 0.1) is 13.8 Å². The first-order valence-corrected chi connectivity index (χ1v) is 10.8. The topological polar surface area (TPSA) is 65.5 Å². The molecule has 1 aliphatic heterocycles. The second-order valence-corrected chi connectivity index (χ2v) is 8.30. The van der Waals surface area contributed by atoms with Crippen molar-refractivity contribution in [1.82, 2.24) is 10.3 Å². The predicted octanol–water partition coefficient (Wildman–Crippen LogP) is 4.26. The number of hydrogen-bond acceptors (Lipinski definition) is 4. The lowest BCUT2D eigenvalue weighted by molar-refractivity contribution is 0.0951. The number of anilines is 1. The summed E-state index contributed by atoms with van der Waals surface area (Å²) in [6.45, 7) is 5.45. The van der Waals surface area contributed by atoms with Crippen molar-refractivity contribution in [2.75, 3.05) is 18.1 Å². The molecule has 0 unspecified atom stereocenters. The summed E-state index contributed by atoms with van der Waals surface area (Å²) in [6, 6.07) is 18.4. The molecular weight excluding hydrogens is 386 g/mol. The number of nitrogens with one attached hydrogen (secondary N) is 1. The number of aliphatic hydroxyl groups is 1. The van der Waals surface area contributed by atoms with Crippen LogP contribution in [0.1, 0.15) is 40.0 Å². The summed E-state index contributed by atoms with van der Waals surface area (Å²) in [7, 11) is 0. The summed E-state index contributed by atoms with van der Waals surface area (Å²) in [4.78, 5) is 19.6. The largest absolute Gasteiger partial charge is 0.394 e. The van der Waals surface area contributed by atoms with Gasteiger partial charge in [0.05, 0.1) is 12.6 Å². The Bertz CT molecular complexity index is 1050. The van der Waals surface area contributed by atoms with E-state index in [1.54, 1.807) is 6.20 Å². The second-order valence-electron chi connectivity index (χ2n) is 8.30. The van der Waals surface area contributed by atoms with Gasteiger partial charge in [0, 0.05) is 36.2 Å². The van der Waals surface area contributed by atoms with E-state index in [-0.39, 0.29) is 18.6 Å². The zero-order valence-electron chi connectivity index (χ0n) is 18.1. The molecular formula is C26H29N3O2. The Balaban J connectivity index is 1.64. The SMILES string of the molecule is Cc1ccc(-c2cc(C(=O)NCc3ccc(C)nc3)cc(N3CCC[C@@H]3CO)c2)cc1. The van der Waals surface area contributed by atoms with Crippen molar-refractivity contribution in [2.45, 2.75) is 39.3 Å². The maximum atomic E-state index is 13.0. The number of carbonyl (C=O) groups excluding carboxylic acids is 1. The van der Waals surface area contributed by atoms with Gasteiger partial charge in [0.25, 0.3) is 5.91 Å². The highest BCUT2D eigenvalue weighted by atomic mass is 16.3. The normalized spacial score (nSPS) is 15.8. The molecule has 160 valence electrons. The van der Waals surface area contributed by atoms with Crippen LogP contribution in [0.5, 0.6) is 0 Å². The van der Waals surface area contributed by atoms with Gasteiger partial charge in [-0.1, -0.05) is 35.9 Å². The van der Waals surface area contributed by atoms with E-state index in [0.29, 0.717) is 12.1 Å². The fraction of sp³-hybridized carbons (Fsp3) is 0.308. The molecule has 0 bridgehead atoms. The first-order chi connectivity index (χ1) is 15.0. The molecule has 4 rings (SSSR count). The second kappa shape index (κ2) is 9.31. The quantitative estimate of drug-likeness (QED) is 0.631. The number of benzene rings is 2. The lowest BCUT2D eigenvalue weighted by Crippen LogP contribution is -2.32. The van der Waals surface area contributed by atoms with Crippen LogP contribution in [0.2, 0.25) is 0 Å². The number of aliphatic hydroxyl groups excluding tert-OH is 1. The standard InChI is InChI=1S/C26H29N3O2/c1-18-5-9-21(10-6-18)22-12-23(14-25(13-22)29-11-3-4-24(29)17-30)26(31)28-16-20-8-7-19(2)27-15-20/h5-10,12-15,24,30H,3-4,11,16-17H2,1-2H3,(H,28,31)/t24-/m1/s1. The molecule has 2 aromatic carbocycles. The Morgan fingerprint density at radius 3 is 2.61 bits per heavy atom. The zero-order chi connectivity index (χ0) is 21.8. The van der Waals surface area contributed by atoms with E-state index < -0.39 is 0 Å². The Morgan fingerprint density at radius 2 is 1.90 bits per heavy atom. The third-order valence-electron chi connectivity index (χ3n) is 5.91. The maximum Gasteiger partial charge on any atom is 0.251 e. The van der Waals surface area contributed by atoms with Crippen molar-refractivity contribution in [3.63, 3.8) is 0 Å². The van der Waals surface area contributed by atoms with Crippen molar-refractivity contribution in [3.05, 3.63) is 83.2 Å². The van der Waals surface area contributed by atoms with Crippen molar-refractivity contribution < 1.29 is 9.90 Å². The highest BCUT2D eigenvalue weighted by Crippen LogP contribution is 2.31.